The number of aryl methyl sites for hydroxylation is 1. The first-order valence-corrected chi connectivity index (χ1v) is 7.34. The molecule has 2 atom stereocenters. The van der Waals surface area contributed by atoms with Crippen LogP contribution in [0.4, 0.5) is 4.39 Å². The fourth-order valence-corrected chi connectivity index (χ4v) is 2.88. The number of benzene rings is 1. The Hall–Kier alpha value is -2.21. The van der Waals surface area contributed by atoms with Gasteiger partial charge >= 0.3 is 0 Å². The fourth-order valence-electron chi connectivity index (χ4n) is 2.88. The van der Waals surface area contributed by atoms with Crippen LogP contribution in [-0.2, 0) is 11.3 Å². The molecule has 0 radical (unpaired) electrons. The van der Waals surface area contributed by atoms with Gasteiger partial charge in [0, 0.05) is 31.9 Å². The van der Waals surface area contributed by atoms with Crippen molar-refractivity contribution in [2.45, 2.75) is 31.5 Å². The molecule has 1 aromatic carbocycles. The highest BCUT2D eigenvalue weighted by molar-refractivity contribution is 5.77. The number of hydrogen-bond donors (Lipinski definition) is 1. The predicted molar refractivity (Wildman–Crippen MR) is 78.3 cm³/mol. The predicted octanol–water partition coefficient (Wildman–Crippen LogP) is 1.75. The second-order valence-electron chi connectivity index (χ2n) is 5.52. The van der Waals surface area contributed by atoms with Crippen LogP contribution in [0, 0.1) is 5.82 Å². The van der Waals surface area contributed by atoms with Gasteiger partial charge in [-0.1, -0.05) is 12.1 Å². The first kappa shape index (κ1) is 14.7. The molecule has 1 saturated heterocycles. The summed E-state index contributed by atoms with van der Waals surface area (Å²) in [6.45, 7) is 0.828. The number of nitrogens with zero attached hydrogens (tertiary/aromatic N) is 3. The van der Waals surface area contributed by atoms with Crippen LogP contribution in [0.1, 0.15) is 24.4 Å². The highest BCUT2D eigenvalue weighted by Crippen LogP contribution is 2.32. The Morgan fingerprint density at radius 2 is 2.14 bits per heavy atom. The molecule has 22 heavy (non-hydrogen) atoms. The Bertz CT molecular complexity index is 627. The molecule has 5 nitrogen and oxygen atoms in total. The largest absolute Gasteiger partial charge is 0.391 e. The van der Waals surface area contributed by atoms with Gasteiger partial charge in [0.05, 0.1) is 12.1 Å². The summed E-state index contributed by atoms with van der Waals surface area (Å²) in [5.41, 5.74) is 0.852. The lowest BCUT2D eigenvalue weighted by Gasteiger charge is -2.25. The third kappa shape index (κ3) is 3.17. The van der Waals surface area contributed by atoms with Gasteiger partial charge in [0.25, 0.3) is 0 Å². The van der Waals surface area contributed by atoms with E-state index in [0.717, 1.165) is 5.56 Å². The second-order valence-corrected chi connectivity index (χ2v) is 5.52. The molecule has 1 fully saturated rings. The molecular weight excluding hydrogens is 285 g/mol. The van der Waals surface area contributed by atoms with E-state index in [1.807, 2.05) is 12.3 Å². The van der Waals surface area contributed by atoms with Crippen LogP contribution in [-0.4, -0.2) is 38.3 Å². The van der Waals surface area contributed by atoms with E-state index in [9.17, 15) is 14.3 Å². The maximum absolute atomic E-state index is 13.0. The molecule has 0 bridgehead atoms. The van der Waals surface area contributed by atoms with Gasteiger partial charge < -0.3 is 10.0 Å². The van der Waals surface area contributed by atoms with Crippen LogP contribution >= 0.6 is 0 Å². The Morgan fingerprint density at radius 3 is 2.82 bits per heavy atom. The second kappa shape index (κ2) is 6.27. The Kier molecular flexibility index (Phi) is 4.20. The molecular formula is C16H18FN3O2. The van der Waals surface area contributed by atoms with Gasteiger partial charge in [-0.2, -0.15) is 5.10 Å². The van der Waals surface area contributed by atoms with Gasteiger partial charge in [0.2, 0.25) is 5.91 Å². The lowest BCUT2D eigenvalue weighted by Crippen LogP contribution is -2.32. The van der Waals surface area contributed by atoms with Crippen molar-refractivity contribution in [3.63, 3.8) is 0 Å². The third-order valence-electron chi connectivity index (χ3n) is 3.97. The number of hydrogen-bond acceptors (Lipinski definition) is 3. The first-order chi connectivity index (χ1) is 10.6. The van der Waals surface area contributed by atoms with E-state index in [0.29, 0.717) is 25.9 Å². The molecule has 1 aliphatic rings. The molecule has 2 aromatic rings. The smallest absolute Gasteiger partial charge is 0.225 e. The zero-order valence-electron chi connectivity index (χ0n) is 12.1. The summed E-state index contributed by atoms with van der Waals surface area (Å²) in [7, 11) is 0. The topological polar surface area (TPSA) is 58.4 Å². The summed E-state index contributed by atoms with van der Waals surface area (Å²) in [6, 6.07) is 7.72. The van der Waals surface area contributed by atoms with Crippen LogP contribution in [0.3, 0.4) is 0 Å². The molecule has 1 N–H and O–H groups in total. The zero-order chi connectivity index (χ0) is 15.5. The van der Waals surface area contributed by atoms with Crippen molar-refractivity contribution in [3.05, 3.63) is 54.1 Å². The van der Waals surface area contributed by atoms with Crippen LogP contribution in [0.25, 0.3) is 0 Å². The molecule has 1 aliphatic heterocycles. The van der Waals surface area contributed by atoms with E-state index >= 15 is 0 Å². The van der Waals surface area contributed by atoms with Crippen molar-refractivity contribution in [3.8, 4) is 0 Å². The number of halogens is 1. The van der Waals surface area contributed by atoms with Gasteiger partial charge in [-0.3, -0.25) is 9.48 Å². The van der Waals surface area contributed by atoms with Crippen molar-refractivity contribution < 1.29 is 14.3 Å². The molecule has 0 saturated carbocycles. The van der Waals surface area contributed by atoms with E-state index < -0.39 is 6.10 Å². The lowest BCUT2D eigenvalue weighted by atomic mass is 10.0. The van der Waals surface area contributed by atoms with Crippen LogP contribution in [0.5, 0.6) is 0 Å². The van der Waals surface area contributed by atoms with Crippen molar-refractivity contribution in [1.82, 2.24) is 14.7 Å². The number of β-amino-alcohol motifs (C(OH)–C–C–N with tert-alkyl or cyclic N) is 1. The molecule has 2 heterocycles. The number of aromatic nitrogens is 2. The molecule has 3 rings (SSSR count). The molecule has 0 unspecified atom stereocenters. The highest BCUT2D eigenvalue weighted by Gasteiger charge is 2.34. The van der Waals surface area contributed by atoms with E-state index in [1.54, 1.807) is 27.9 Å². The van der Waals surface area contributed by atoms with Crippen molar-refractivity contribution in [2.75, 3.05) is 6.54 Å². The summed E-state index contributed by atoms with van der Waals surface area (Å²) >= 11 is 0. The van der Waals surface area contributed by atoms with Crippen LogP contribution < -0.4 is 0 Å². The third-order valence-corrected chi connectivity index (χ3v) is 3.97. The normalized spacial score (nSPS) is 21.3. The summed E-state index contributed by atoms with van der Waals surface area (Å²) in [6.07, 6.45) is 3.75. The van der Waals surface area contributed by atoms with Crippen LogP contribution in [0.15, 0.2) is 42.7 Å². The Morgan fingerprint density at radius 1 is 1.36 bits per heavy atom. The van der Waals surface area contributed by atoms with Gasteiger partial charge in [-0.05, 0) is 30.2 Å². The van der Waals surface area contributed by atoms with E-state index in [-0.39, 0.29) is 17.8 Å². The molecule has 6 heteroatoms. The van der Waals surface area contributed by atoms with Gasteiger partial charge in [0.15, 0.2) is 0 Å². The summed E-state index contributed by atoms with van der Waals surface area (Å²) < 4.78 is 14.7. The number of aliphatic hydroxyl groups is 1. The summed E-state index contributed by atoms with van der Waals surface area (Å²) in [5.74, 6) is -0.333. The zero-order valence-corrected chi connectivity index (χ0v) is 12.1. The monoisotopic (exact) mass is 303 g/mol. The molecule has 116 valence electrons. The minimum atomic E-state index is -0.538. The SMILES string of the molecule is O=C(CCn1cccn1)N1C[C@@H](O)C[C@@H]1c1ccc(F)cc1. The average Bonchev–Trinajstić information content (AvgIpc) is 3.15. The number of carbonyl (C=O) groups excluding carboxylic acids is 1. The molecule has 1 aromatic heterocycles. The highest BCUT2D eigenvalue weighted by atomic mass is 19.1. The minimum absolute atomic E-state index is 0.0265. The van der Waals surface area contributed by atoms with Crippen molar-refractivity contribution in [2.24, 2.45) is 0 Å². The fraction of sp³-hybridized carbons (Fsp3) is 0.375. The maximum atomic E-state index is 13.0. The number of carbonyl (C=O) groups is 1. The Balaban J connectivity index is 1.69. The summed E-state index contributed by atoms with van der Waals surface area (Å²) in [5, 5.41) is 14.0. The van der Waals surface area contributed by atoms with Crippen LogP contribution in [0.2, 0.25) is 0 Å². The number of aliphatic hydroxyl groups excluding tert-OH is 1. The van der Waals surface area contributed by atoms with E-state index in [2.05, 4.69) is 5.10 Å². The van der Waals surface area contributed by atoms with Gasteiger partial charge in [-0.15, -0.1) is 0 Å². The number of rotatable bonds is 4. The minimum Gasteiger partial charge on any atom is -0.391 e. The van der Waals surface area contributed by atoms with Gasteiger partial charge in [0.1, 0.15) is 5.82 Å². The maximum Gasteiger partial charge on any atom is 0.225 e. The summed E-state index contributed by atoms with van der Waals surface area (Å²) in [4.78, 5) is 14.1. The van der Waals surface area contributed by atoms with Gasteiger partial charge in [-0.25, -0.2) is 4.39 Å². The number of amides is 1. The Labute approximate surface area is 128 Å². The van der Waals surface area contributed by atoms with Crippen molar-refractivity contribution in [1.29, 1.82) is 0 Å². The lowest BCUT2D eigenvalue weighted by molar-refractivity contribution is -0.132. The molecule has 0 spiro atoms. The van der Waals surface area contributed by atoms with E-state index in [4.69, 9.17) is 0 Å². The van der Waals surface area contributed by atoms with Crippen molar-refractivity contribution >= 4 is 5.91 Å². The first-order valence-electron chi connectivity index (χ1n) is 7.34. The standard InChI is InChI=1S/C16H18FN3O2/c17-13-4-2-12(3-5-13)15-10-14(21)11-20(15)16(22)6-9-19-8-1-7-18-19/h1-5,7-8,14-15,21H,6,9-11H2/t14-,15+/m0/s1. The number of likely N-dealkylation sites (tertiary alicyclic amines) is 1. The average molecular weight is 303 g/mol. The van der Waals surface area contributed by atoms with E-state index in [1.165, 1.54) is 12.1 Å². The molecule has 0 aliphatic carbocycles. The quantitative estimate of drug-likeness (QED) is 0.936. The molecule has 1 amide bonds.